The average Bonchev–Trinajstić information content (AvgIpc) is 3.27. The fraction of sp³-hybridized carbons (Fsp3) is 0.471. The summed E-state index contributed by atoms with van der Waals surface area (Å²) < 4.78 is 13.2. The van der Waals surface area contributed by atoms with E-state index in [0.717, 1.165) is 12.1 Å². The van der Waals surface area contributed by atoms with Crippen molar-refractivity contribution in [3.05, 3.63) is 36.7 Å². The van der Waals surface area contributed by atoms with Gasteiger partial charge in [0.25, 0.3) is 0 Å². The molecule has 8 nitrogen and oxygen atoms in total. The van der Waals surface area contributed by atoms with Gasteiger partial charge in [0.2, 0.25) is 0 Å². The van der Waals surface area contributed by atoms with Crippen LogP contribution in [0.4, 0.5) is 10.5 Å². The van der Waals surface area contributed by atoms with Crippen molar-refractivity contribution in [2.24, 2.45) is 0 Å². The van der Waals surface area contributed by atoms with Crippen molar-refractivity contribution < 1.29 is 14.3 Å². The zero-order valence-electron chi connectivity index (χ0n) is 14.1. The number of hydrogen-bond acceptors (Lipinski definition) is 5. The van der Waals surface area contributed by atoms with Crippen molar-refractivity contribution in [3.8, 4) is 5.69 Å². The minimum atomic E-state index is -0.364. The van der Waals surface area contributed by atoms with Crippen LogP contribution in [0.5, 0.6) is 0 Å². The molecule has 1 spiro atoms. The summed E-state index contributed by atoms with van der Waals surface area (Å²) in [6, 6.07) is 7.38. The number of amides is 2. The number of nitrogens with one attached hydrogen (secondary N) is 1. The summed E-state index contributed by atoms with van der Waals surface area (Å²) in [6.07, 6.45) is 4.18. The van der Waals surface area contributed by atoms with E-state index >= 15 is 0 Å². The van der Waals surface area contributed by atoms with Crippen molar-refractivity contribution in [2.75, 3.05) is 31.6 Å². The van der Waals surface area contributed by atoms with Crippen LogP contribution in [-0.4, -0.2) is 63.9 Å². The monoisotopic (exact) mass is 343 g/mol. The van der Waals surface area contributed by atoms with E-state index in [0.29, 0.717) is 32.0 Å². The minimum Gasteiger partial charge on any atom is -0.378 e. The maximum Gasteiger partial charge on any atom is 0.322 e. The summed E-state index contributed by atoms with van der Waals surface area (Å²) in [5, 5.41) is 10.7. The third-order valence-corrected chi connectivity index (χ3v) is 4.55. The largest absolute Gasteiger partial charge is 0.378 e. The lowest BCUT2D eigenvalue weighted by molar-refractivity contribution is -0.136. The van der Waals surface area contributed by atoms with Crippen LogP contribution in [0, 0.1) is 0 Å². The zero-order valence-corrected chi connectivity index (χ0v) is 14.1. The molecule has 2 aliphatic heterocycles. The Morgan fingerprint density at radius 2 is 2.36 bits per heavy atom. The highest BCUT2D eigenvalue weighted by Gasteiger charge is 2.44. The summed E-state index contributed by atoms with van der Waals surface area (Å²) in [4.78, 5) is 14.5. The lowest BCUT2D eigenvalue weighted by Gasteiger charge is -2.42. The van der Waals surface area contributed by atoms with Gasteiger partial charge in [-0.05, 0) is 25.1 Å². The Labute approximate surface area is 145 Å². The van der Waals surface area contributed by atoms with E-state index in [-0.39, 0.29) is 17.7 Å². The van der Waals surface area contributed by atoms with Crippen LogP contribution in [-0.2, 0) is 9.47 Å². The minimum absolute atomic E-state index is 0.0114. The molecular formula is C17H21N5O3. The highest BCUT2D eigenvalue weighted by atomic mass is 16.6. The second-order valence-corrected chi connectivity index (χ2v) is 6.62. The molecule has 4 rings (SSSR count). The zero-order chi connectivity index (χ0) is 17.3. The van der Waals surface area contributed by atoms with Crippen molar-refractivity contribution in [1.82, 2.24) is 19.9 Å². The molecule has 2 saturated heterocycles. The lowest BCUT2D eigenvalue weighted by atomic mass is 9.99. The number of anilines is 1. The number of benzene rings is 1. The van der Waals surface area contributed by atoms with Crippen LogP contribution in [0.25, 0.3) is 5.69 Å². The number of nitrogens with zero attached hydrogens (tertiary/aromatic N) is 4. The first-order chi connectivity index (χ1) is 12.1. The normalized spacial score (nSPS) is 26.1. The van der Waals surface area contributed by atoms with Gasteiger partial charge in [0, 0.05) is 25.3 Å². The SMILES string of the molecule is CC1CN(C(=O)Nc2cccc(-n3ccnn3)c2)CC2(CCOC2)O1. The molecule has 3 heterocycles. The Bertz CT molecular complexity index is 743. The summed E-state index contributed by atoms with van der Waals surface area (Å²) >= 11 is 0. The molecule has 0 aliphatic carbocycles. The second-order valence-electron chi connectivity index (χ2n) is 6.62. The number of aromatic nitrogens is 3. The van der Waals surface area contributed by atoms with Crippen LogP contribution in [0.1, 0.15) is 13.3 Å². The topological polar surface area (TPSA) is 81.5 Å². The molecule has 8 heteroatoms. The predicted octanol–water partition coefficient (Wildman–Crippen LogP) is 1.68. The fourth-order valence-electron chi connectivity index (χ4n) is 3.46. The molecular weight excluding hydrogens is 322 g/mol. The van der Waals surface area contributed by atoms with Gasteiger partial charge < -0.3 is 19.7 Å². The van der Waals surface area contributed by atoms with Crippen LogP contribution in [0.3, 0.4) is 0 Å². The van der Waals surface area contributed by atoms with Gasteiger partial charge in [-0.1, -0.05) is 11.3 Å². The Hall–Kier alpha value is -2.45. The second kappa shape index (κ2) is 6.45. The van der Waals surface area contributed by atoms with E-state index in [2.05, 4.69) is 15.6 Å². The molecule has 2 aromatic rings. The Morgan fingerprint density at radius 3 is 3.12 bits per heavy atom. The van der Waals surface area contributed by atoms with Crippen molar-refractivity contribution in [1.29, 1.82) is 0 Å². The number of ether oxygens (including phenoxy) is 2. The van der Waals surface area contributed by atoms with Gasteiger partial charge >= 0.3 is 6.03 Å². The van der Waals surface area contributed by atoms with E-state index in [1.165, 1.54) is 0 Å². The van der Waals surface area contributed by atoms with E-state index < -0.39 is 0 Å². The Balaban J connectivity index is 1.47. The molecule has 0 saturated carbocycles. The average molecular weight is 343 g/mol. The molecule has 1 N–H and O–H groups in total. The van der Waals surface area contributed by atoms with Gasteiger partial charge in [0.15, 0.2) is 0 Å². The standard InChI is InChI=1S/C17H21N5O3/c1-13-10-21(11-17(25-13)5-8-24-12-17)16(23)19-14-3-2-4-15(9-14)22-7-6-18-20-22/h2-4,6-7,9,13H,5,8,10-12H2,1H3,(H,19,23). The molecule has 2 fully saturated rings. The lowest BCUT2D eigenvalue weighted by Crippen LogP contribution is -2.57. The third kappa shape index (κ3) is 3.35. The summed E-state index contributed by atoms with van der Waals surface area (Å²) in [7, 11) is 0. The molecule has 25 heavy (non-hydrogen) atoms. The Kier molecular flexibility index (Phi) is 4.14. The maximum atomic E-state index is 12.7. The number of carbonyl (C=O) groups excluding carboxylic acids is 1. The van der Waals surface area contributed by atoms with Crippen LogP contribution in [0.2, 0.25) is 0 Å². The third-order valence-electron chi connectivity index (χ3n) is 4.55. The number of carbonyl (C=O) groups is 1. The Morgan fingerprint density at radius 1 is 1.44 bits per heavy atom. The van der Waals surface area contributed by atoms with Gasteiger partial charge in [-0.3, -0.25) is 0 Å². The van der Waals surface area contributed by atoms with Gasteiger partial charge in [0.05, 0.1) is 37.3 Å². The maximum absolute atomic E-state index is 12.7. The molecule has 0 bridgehead atoms. The van der Waals surface area contributed by atoms with Crippen molar-refractivity contribution in [2.45, 2.75) is 25.0 Å². The molecule has 2 aliphatic rings. The summed E-state index contributed by atoms with van der Waals surface area (Å²) in [5.41, 5.74) is 1.19. The quantitative estimate of drug-likeness (QED) is 0.897. The van der Waals surface area contributed by atoms with Crippen molar-refractivity contribution in [3.63, 3.8) is 0 Å². The molecule has 1 aromatic carbocycles. The first-order valence-electron chi connectivity index (χ1n) is 8.42. The number of urea groups is 1. The van der Waals surface area contributed by atoms with E-state index in [1.54, 1.807) is 17.1 Å². The van der Waals surface area contributed by atoms with E-state index in [9.17, 15) is 4.79 Å². The summed E-state index contributed by atoms with van der Waals surface area (Å²) in [6.45, 7) is 4.33. The van der Waals surface area contributed by atoms with Crippen LogP contribution < -0.4 is 5.32 Å². The highest BCUT2D eigenvalue weighted by molar-refractivity contribution is 5.89. The molecule has 2 atom stereocenters. The van der Waals surface area contributed by atoms with Gasteiger partial charge in [-0.15, -0.1) is 5.10 Å². The predicted molar refractivity (Wildman–Crippen MR) is 90.7 cm³/mol. The van der Waals surface area contributed by atoms with E-state index in [4.69, 9.17) is 9.47 Å². The van der Waals surface area contributed by atoms with E-state index in [1.807, 2.05) is 36.1 Å². The fourth-order valence-corrected chi connectivity index (χ4v) is 3.46. The highest BCUT2D eigenvalue weighted by Crippen LogP contribution is 2.30. The smallest absolute Gasteiger partial charge is 0.322 e. The number of hydrogen-bond donors (Lipinski definition) is 1. The van der Waals surface area contributed by atoms with Gasteiger partial charge in [-0.2, -0.15) is 0 Å². The summed E-state index contributed by atoms with van der Waals surface area (Å²) in [5.74, 6) is 0. The molecule has 2 amide bonds. The van der Waals surface area contributed by atoms with Gasteiger partial charge in [-0.25, -0.2) is 9.48 Å². The first kappa shape index (κ1) is 16.0. The molecule has 1 aromatic heterocycles. The van der Waals surface area contributed by atoms with Gasteiger partial charge in [0.1, 0.15) is 5.60 Å². The first-order valence-corrected chi connectivity index (χ1v) is 8.42. The molecule has 0 radical (unpaired) electrons. The molecule has 2 unspecified atom stereocenters. The van der Waals surface area contributed by atoms with Crippen LogP contribution in [0.15, 0.2) is 36.7 Å². The van der Waals surface area contributed by atoms with Crippen LogP contribution >= 0.6 is 0 Å². The van der Waals surface area contributed by atoms with Crippen molar-refractivity contribution >= 4 is 11.7 Å². The number of morpholine rings is 1. The molecule has 132 valence electrons. The number of rotatable bonds is 2.